The number of hydrogen-bond donors (Lipinski definition) is 1. The van der Waals surface area contributed by atoms with Gasteiger partial charge in [0.1, 0.15) is 58.6 Å². The van der Waals surface area contributed by atoms with E-state index in [2.05, 4.69) is 34.9 Å². The maximum atomic E-state index is 16.8. The molecular weight excluding hydrogens is 469 g/mol. The van der Waals surface area contributed by atoms with E-state index in [1.165, 1.54) is 18.2 Å². The minimum Gasteiger partial charge on any atom is -0.349 e. The average Bonchev–Trinajstić information content (AvgIpc) is 2.73. The molecule has 180 valence electrons. The van der Waals surface area contributed by atoms with Gasteiger partial charge in [0.2, 0.25) is 0 Å². The van der Waals surface area contributed by atoms with Crippen LogP contribution in [0.2, 0.25) is 5.02 Å². The monoisotopic (exact) mass is 501 g/mol. The maximum Gasteiger partial charge on any atom is 0.253 e. The quantitative estimate of drug-likeness (QED) is 0.403. The van der Waals surface area contributed by atoms with E-state index < -0.39 is 27.5 Å². The van der Waals surface area contributed by atoms with E-state index in [1.807, 2.05) is 59.3 Å². The largest absolute Gasteiger partial charge is 0.349 e. The van der Waals surface area contributed by atoms with Crippen molar-refractivity contribution in [1.82, 2.24) is 15.2 Å². The fraction of sp³-hybridized carbons (Fsp3) is 0.400. The number of rotatable bonds is 6. The highest BCUT2D eigenvalue weighted by atomic mass is 35.5. The Morgan fingerprint density at radius 2 is 1.72 bits per heavy atom. The summed E-state index contributed by atoms with van der Waals surface area (Å²) in [6.07, 6.45) is 2.21. The first-order valence-electron chi connectivity index (χ1n) is 12.5. The molecule has 3 rings (SSSR count). The zero-order valence-electron chi connectivity index (χ0n) is 23.0. The van der Waals surface area contributed by atoms with Gasteiger partial charge >= 0.3 is 0 Å². The van der Waals surface area contributed by atoms with Gasteiger partial charge in [-0.2, -0.15) is 0 Å². The Kier molecular flexibility index (Phi) is 7.83. The highest BCUT2D eigenvalue weighted by molar-refractivity contribution is 6.58. The number of benzene rings is 1. The number of hydrogen-bond acceptors (Lipinski definition) is 3. The number of aromatic nitrogens is 1. The first kappa shape index (κ1) is 29.1. The second-order valence-corrected chi connectivity index (χ2v) is 13.3. The molecule has 1 unspecified atom stereocenters. The third-order valence-electron chi connectivity index (χ3n) is 7.60. The summed E-state index contributed by atoms with van der Waals surface area (Å²) >= 11 is 5.90. The van der Waals surface area contributed by atoms with Crippen molar-refractivity contribution in [2.24, 2.45) is 0 Å². The molecule has 1 amide bonds. The minimum absolute atomic E-state index is 0.00159. The van der Waals surface area contributed by atoms with Crippen molar-refractivity contribution in [1.29, 1.82) is 0 Å². The first-order valence-corrected chi connectivity index (χ1v) is 12.9. The number of carbonyl (C=O) groups excluding carboxylic acids is 1. The molecule has 1 aliphatic heterocycles. The predicted octanol–water partition coefficient (Wildman–Crippen LogP) is -5.67. The number of likely N-dealkylation sites (tertiary alicyclic amines) is 1. The zero-order valence-corrected chi connectivity index (χ0v) is 23.8. The van der Waals surface area contributed by atoms with Crippen LogP contribution in [-0.4, -0.2) is 109 Å². The van der Waals surface area contributed by atoms with Crippen molar-refractivity contribution in [3.63, 3.8) is 0 Å². The van der Waals surface area contributed by atoms with E-state index in [9.17, 15) is 9.18 Å². The van der Waals surface area contributed by atoms with Crippen LogP contribution < -0.4 is 5.32 Å². The molecule has 1 aliphatic rings. The summed E-state index contributed by atoms with van der Waals surface area (Å²) in [6, 6.07) is 8.02. The molecule has 0 aliphatic carbocycles. The van der Waals surface area contributed by atoms with Crippen LogP contribution in [0.25, 0.3) is 0 Å². The lowest BCUT2D eigenvalue weighted by Crippen LogP contribution is -2.73. The van der Waals surface area contributed by atoms with Crippen LogP contribution in [0.4, 0.5) is 8.78 Å². The van der Waals surface area contributed by atoms with Crippen LogP contribution in [0.3, 0.4) is 0 Å². The van der Waals surface area contributed by atoms with E-state index in [4.69, 9.17) is 16.6 Å². The van der Waals surface area contributed by atoms with Crippen LogP contribution in [0.5, 0.6) is 0 Å². The van der Waals surface area contributed by atoms with Crippen molar-refractivity contribution in [2.75, 3.05) is 6.54 Å². The fourth-order valence-corrected chi connectivity index (χ4v) is 5.50. The molecule has 0 radical (unpaired) electrons. The molecular formula is C20H31B9ClF2N3O. The van der Waals surface area contributed by atoms with Gasteiger partial charge in [-0.1, -0.05) is 22.8 Å². The molecule has 1 atom stereocenters. The molecule has 0 spiro atoms. The number of nitrogens with one attached hydrogen (secondary N) is 1. The van der Waals surface area contributed by atoms with E-state index >= 15 is 4.39 Å². The van der Waals surface area contributed by atoms with Gasteiger partial charge in [-0.05, 0) is 58.7 Å². The highest BCUT2D eigenvalue weighted by Gasteiger charge is 2.54. The van der Waals surface area contributed by atoms with Crippen LogP contribution >= 0.6 is 11.6 Å². The maximum absolute atomic E-state index is 16.8. The second kappa shape index (κ2) is 9.69. The average molecular weight is 500 g/mol. The smallest absolute Gasteiger partial charge is 0.253 e. The lowest BCUT2D eigenvalue weighted by molar-refractivity contribution is 0.00906. The summed E-state index contributed by atoms with van der Waals surface area (Å²) < 4.78 is 30.4. The summed E-state index contributed by atoms with van der Waals surface area (Å²) in [7, 11) is 18.0. The van der Waals surface area contributed by atoms with Crippen molar-refractivity contribution in [2.45, 2.75) is 39.6 Å². The molecule has 1 N–H and O–H groups in total. The van der Waals surface area contributed by atoms with Gasteiger partial charge in [0, 0.05) is 24.0 Å². The molecule has 2 heterocycles. The standard InChI is InChI=1S/C20H31B9ClF2N3O/c21-17(22)9-16(32,5-6-35(17)15(36)10-1-3-13(31)12(30)7-10)20(28,29)34-19(26,27)14-4-2-11(8-33-14)18(23,24)25/h1-4,7-8,34H,5-6,9,21-29H2. The number of pyridine rings is 1. The molecule has 16 heteroatoms. The fourth-order valence-electron chi connectivity index (χ4n) is 5.32. The van der Waals surface area contributed by atoms with Crippen LogP contribution in [0.1, 0.15) is 34.5 Å². The minimum atomic E-state index is -1.59. The van der Waals surface area contributed by atoms with Crippen molar-refractivity contribution in [3.8, 4) is 0 Å². The summed E-state index contributed by atoms with van der Waals surface area (Å²) in [5.41, 5.74) is 0.692. The van der Waals surface area contributed by atoms with Crippen LogP contribution in [0, 0.1) is 5.82 Å². The summed E-state index contributed by atoms with van der Waals surface area (Å²) in [5.74, 6) is -0.856. The lowest BCUT2D eigenvalue weighted by atomic mass is 9.40. The predicted molar refractivity (Wildman–Crippen MR) is 169 cm³/mol. The molecule has 4 nitrogen and oxygen atoms in total. The Balaban J connectivity index is 1.80. The number of carbonyl (C=O) groups is 1. The normalized spacial score (nSPS) is 20.7. The SMILES string of the molecule is BC(B)(B)c1ccc(C(B)(B)NC(B)(B)C2(F)CCN(C(=O)c3ccc(F)c(Cl)c3)C(B)(B)C2)nc1. The van der Waals surface area contributed by atoms with E-state index in [0.717, 1.165) is 11.3 Å². The van der Waals surface area contributed by atoms with Crippen molar-refractivity contribution < 1.29 is 13.6 Å². The number of halogens is 3. The molecule has 0 bridgehead atoms. The molecule has 2 aromatic rings. The molecule has 1 aromatic heterocycles. The van der Waals surface area contributed by atoms with Crippen molar-refractivity contribution >= 4 is 88.1 Å². The molecule has 0 saturated carbocycles. The number of nitrogens with zero attached hydrogens (tertiary/aromatic N) is 2. The van der Waals surface area contributed by atoms with Gasteiger partial charge < -0.3 is 10.2 Å². The Hall–Kier alpha value is -1.47. The van der Waals surface area contributed by atoms with Gasteiger partial charge in [-0.25, -0.2) is 8.78 Å². The first-order chi connectivity index (χ1) is 16.3. The molecule has 36 heavy (non-hydrogen) atoms. The van der Waals surface area contributed by atoms with Crippen LogP contribution in [-0.2, 0) is 10.5 Å². The second-order valence-electron chi connectivity index (χ2n) is 12.8. The van der Waals surface area contributed by atoms with Gasteiger partial charge in [0.15, 0.2) is 0 Å². The number of alkyl halides is 1. The lowest BCUT2D eigenvalue weighted by Gasteiger charge is -2.55. The van der Waals surface area contributed by atoms with E-state index in [0.29, 0.717) is 5.56 Å². The number of piperidine rings is 1. The van der Waals surface area contributed by atoms with E-state index in [-0.39, 0.29) is 35.4 Å². The molecule has 1 fully saturated rings. The Bertz CT molecular complexity index is 1150. The van der Waals surface area contributed by atoms with Gasteiger partial charge in [0.25, 0.3) is 5.91 Å². The van der Waals surface area contributed by atoms with Gasteiger partial charge in [-0.15, -0.1) is 0 Å². The Labute approximate surface area is 226 Å². The van der Waals surface area contributed by atoms with Gasteiger partial charge in [0.05, 0.1) is 28.6 Å². The Morgan fingerprint density at radius 3 is 2.22 bits per heavy atom. The third-order valence-corrected chi connectivity index (χ3v) is 7.89. The van der Waals surface area contributed by atoms with E-state index in [1.54, 1.807) is 4.90 Å². The van der Waals surface area contributed by atoms with Gasteiger partial charge in [-0.3, -0.25) is 9.78 Å². The Morgan fingerprint density at radius 1 is 1.08 bits per heavy atom. The third kappa shape index (κ3) is 5.82. The highest BCUT2D eigenvalue weighted by Crippen LogP contribution is 2.41. The summed E-state index contributed by atoms with van der Waals surface area (Å²) in [5, 5.41) is 1.19. The van der Waals surface area contributed by atoms with Crippen molar-refractivity contribution in [3.05, 3.63) is 64.2 Å². The molecule has 1 saturated heterocycles. The molecule has 1 aromatic carbocycles. The number of amides is 1. The topological polar surface area (TPSA) is 45.2 Å². The zero-order chi connectivity index (χ0) is 27.3. The van der Waals surface area contributed by atoms with Crippen LogP contribution in [0.15, 0.2) is 36.5 Å². The summed E-state index contributed by atoms with van der Waals surface area (Å²) in [6.45, 7) is 0.237. The summed E-state index contributed by atoms with van der Waals surface area (Å²) in [4.78, 5) is 19.6.